The maximum atomic E-state index is 4.43. The number of thiazole rings is 1. The lowest BCUT2D eigenvalue weighted by Crippen LogP contribution is -2.38. The first kappa shape index (κ1) is 21.4. The number of nitrogens with one attached hydrogen (secondary N) is 2. The fourth-order valence-corrected chi connectivity index (χ4v) is 3.40. The second kappa shape index (κ2) is 10.4. The van der Waals surface area contributed by atoms with E-state index in [-0.39, 0.29) is 30.0 Å². The van der Waals surface area contributed by atoms with Crippen LogP contribution in [0.1, 0.15) is 35.3 Å². The Balaban J connectivity index is 0.00000261. The lowest BCUT2D eigenvalue weighted by atomic mass is 10.1. The van der Waals surface area contributed by atoms with Crippen molar-refractivity contribution >= 4 is 41.3 Å². The molecule has 0 fully saturated rings. The number of aryl methyl sites for hydroxylation is 1. The summed E-state index contributed by atoms with van der Waals surface area (Å²) in [4.78, 5) is 10.1. The Hall–Kier alpha value is -1.94. The highest BCUT2D eigenvalue weighted by Gasteiger charge is 2.10. The van der Waals surface area contributed by atoms with Crippen LogP contribution in [0.3, 0.4) is 0 Å². The summed E-state index contributed by atoms with van der Waals surface area (Å²) in [5.74, 6) is 0.759. The molecule has 6 nitrogen and oxygen atoms in total. The van der Waals surface area contributed by atoms with Gasteiger partial charge in [0.05, 0.1) is 18.3 Å². The molecule has 0 aliphatic rings. The molecule has 0 spiro atoms. The van der Waals surface area contributed by atoms with Gasteiger partial charge in [-0.15, -0.1) is 35.3 Å². The van der Waals surface area contributed by atoms with Crippen LogP contribution in [0.5, 0.6) is 0 Å². The van der Waals surface area contributed by atoms with E-state index < -0.39 is 0 Å². The van der Waals surface area contributed by atoms with E-state index in [2.05, 4.69) is 51.7 Å². The van der Waals surface area contributed by atoms with Crippen LogP contribution >= 0.6 is 35.3 Å². The van der Waals surface area contributed by atoms with E-state index in [1.807, 2.05) is 35.3 Å². The summed E-state index contributed by atoms with van der Waals surface area (Å²) in [5, 5.41) is 12.1. The lowest BCUT2D eigenvalue weighted by molar-refractivity contribution is 0.683. The predicted octanol–water partition coefficient (Wildman–Crippen LogP) is 3.94. The number of aromatic nitrogens is 3. The largest absolute Gasteiger partial charge is 0.350 e. The van der Waals surface area contributed by atoms with Crippen molar-refractivity contribution < 1.29 is 0 Å². The molecule has 0 bridgehead atoms. The Morgan fingerprint density at radius 1 is 1.33 bits per heavy atom. The van der Waals surface area contributed by atoms with Crippen LogP contribution in [0.15, 0.2) is 53.9 Å². The van der Waals surface area contributed by atoms with Crippen LogP contribution in [0.25, 0.3) is 5.69 Å². The summed E-state index contributed by atoms with van der Waals surface area (Å²) in [7, 11) is 1.78. The highest BCUT2D eigenvalue weighted by Crippen LogP contribution is 2.17. The second-order valence-corrected chi connectivity index (χ2v) is 7.11. The molecule has 0 saturated heterocycles. The Kier molecular flexibility index (Phi) is 8.23. The third kappa shape index (κ3) is 5.77. The number of halogens is 1. The SMILES string of the molecule is CCc1cnc(CNC(=NC)NC(C)c2cccc(-n3cccn3)c2)s1.I. The van der Waals surface area contributed by atoms with Crippen molar-refractivity contribution in [1.82, 2.24) is 25.4 Å². The molecule has 27 heavy (non-hydrogen) atoms. The van der Waals surface area contributed by atoms with E-state index in [0.29, 0.717) is 6.54 Å². The average molecular weight is 496 g/mol. The zero-order valence-corrected chi connectivity index (χ0v) is 18.9. The number of hydrogen-bond donors (Lipinski definition) is 2. The molecule has 3 aromatic rings. The molecule has 0 radical (unpaired) electrons. The molecule has 2 heterocycles. The summed E-state index contributed by atoms with van der Waals surface area (Å²) in [6.07, 6.45) is 6.69. The topological polar surface area (TPSA) is 67.1 Å². The molecule has 2 N–H and O–H groups in total. The van der Waals surface area contributed by atoms with Crippen LogP contribution in [-0.4, -0.2) is 27.8 Å². The normalized spacial score (nSPS) is 12.3. The van der Waals surface area contributed by atoms with E-state index in [1.54, 1.807) is 24.6 Å². The van der Waals surface area contributed by atoms with E-state index in [4.69, 9.17) is 0 Å². The van der Waals surface area contributed by atoms with Gasteiger partial charge in [-0.2, -0.15) is 5.10 Å². The Bertz CT molecular complexity index is 859. The van der Waals surface area contributed by atoms with Gasteiger partial charge in [-0.3, -0.25) is 4.99 Å². The third-order valence-electron chi connectivity index (χ3n) is 4.07. The van der Waals surface area contributed by atoms with Gasteiger partial charge in [0.1, 0.15) is 5.01 Å². The van der Waals surface area contributed by atoms with Gasteiger partial charge in [-0.05, 0) is 37.1 Å². The van der Waals surface area contributed by atoms with Gasteiger partial charge in [0, 0.05) is 30.5 Å². The summed E-state index contributed by atoms with van der Waals surface area (Å²) in [5.41, 5.74) is 2.21. The highest BCUT2D eigenvalue weighted by atomic mass is 127. The number of hydrogen-bond acceptors (Lipinski definition) is 4. The minimum absolute atomic E-state index is 0. The zero-order valence-electron chi connectivity index (χ0n) is 15.7. The molecule has 0 amide bonds. The van der Waals surface area contributed by atoms with Crippen molar-refractivity contribution in [2.75, 3.05) is 7.05 Å². The van der Waals surface area contributed by atoms with Crippen LogP contribution in [0.2, 0.25) is 0 Å². The zero-order chi connectivity index (χ0) is 18.4. The smallest absolute Gasteiger partial charge is 0.191 e. The molecule has 8 heteroatoms. The van der Waals surface area contributed by atoms with Gasteiger partial charge in [-0.1, -0.05) is 19.1 Å². The first-order chi connectivity index (χ1) is 12.7. The molecule has 0 aliphatic carbocycles. The van der Waals surface area contributed by atoms with Gasteiger partial charge in [0.2, 0.25) is 0 Å². The van der Waals surface area contributed by atoms with Gasteiger partial charge in [-0.25, -0.2) is 9.67 Å². The predicted molar refractivity (Wildman–Crippen MR) is 122 cm³/mol. The fraction of sp³-hybridized carbons (Fsp3) is 0.316. The molecular weight excluding hydrogens is 471 g/mol. The van der Waals surface area contributed by atoms with Crippen molar-refractivity contribution in [3.63, 3.8) is 0 Å². The molecule has 3 rings (SSSR count). The Morgan fingerprint density at radius 3 is 2.85 bits per heavy atom. The van der Waals surface area contributed by atoms with E-state index in [1.165, 1.54) is 10.4 Å². The molecule has 0 aliphatic heterocycles. The van der Waals surface area contributed by atoms with Gasteiger partial charge < -0.3 is 10.6 Å². The van der Waals surface area contributed by atoms with E-state index in [0.717, 1.165) is 23.1 Å². The van der Waals surface area contributed by atoms with Crippen LogP contribution in [0, 0.1) is 0 Å². The minimum atomic E-state index is 0. The summed E-state index contributed by atoms with van der Waals surface area (Å²) in [6.45, 7) is 4.93. The summed E-state index contributed by atoms with van der Waals surface area (Å²) < 4.78 is 1.86. The number of nitrogens with zero attached hydrogens (tertiary/aromatic N) is 4. The number of aliphatic imine (C=N–C) groups is 1. The molecule has 1 unspecified atom stereocenters. The maximum Gasteiger partial charge on any atom is 0.191 e. The number of benzene rings is 1. The standard InChI is InChI=1S/C19H24N6S.HI/c1-4-17-12-21-18(26-17)13-22-19(20-3)24-14(2)15-7-5-8-16(11-15)25-10-6-9-23-25;/h5-12,14H,4,13H2,1-3H3,(H2,20,22,24);1H. The molecule has 1 atom stereocenters. The number of guanidine groups is 1. The average Bonchev–Trinajstić information content (AvgIpc) is 3.36. The maximum absolute atomic E-state index is 4.43. The van der Waals surface area contributed by atoms with Crippen LogP contribution in [-0.2, 0) is 13.0 Å². The van der Waals surface area contributed by atoms with E-state index in [9.17, 15) is 0 Å². The van der Waals surface area contributed by atoms with Crippen molar-refractivity contribution in [1.29, 1.82) is 0 Å². The quantitative estimate of drug-likeness (QED) is 0.308. The second-order valence-electron chi connectivity index (χ2n) is 5.91. The monoisotopic (exact) mass is 496 g/mol. The van der Waals surface area contributed by atoms with Crippen molar-refractivity contribution in [2.45, 2.75) is 32.9 Å². The lowest BCUT2D eigenvalue weighted by Gasteiger charge is -2.18. The van der Waals surface area contributed by atoms with Crippen molar-refractivity contribution in [2.24, 2.45) is 4.99 Å². The summed E-state index contributed by atoms with van der Waals surface area (Å²) in [6, 6.07) is 10.4. The van der Waals surface area contributed by atoms with E-state index >= 15 is 0 Å². The molecule has 0 saturated carbocycles. The van der Waals surface area contributed by atoms with Crippen LogP contribution < -0.4 is 10.6 Å². The Morgan fingerprint density at radius 2 is 2.19 bits per heavy atom. The Labute approximate surface area is 181 Å². The number of rotatable bonds is 6. The first-order valence-electron chi connectivity index (χ1n) is 8.70. The molecule has 1 aromatic carbocycles. The molecule has 2 aromatic heterocycles. The first-order valence-corrected chi connectivity index (χ1v) is 9.52. The molecular formula is C19H25IN6S. The van der Waals surface area contributed by atoms with Crippen molar-refractivity contribution in [3.8, 4) is 5.69 Å². The van der Waals surface area contributed by atoms with Crippen LogP contribution in [0.4, 0.5) is 0 Å². The van der Waals surface area contributed by atoms with Crippen molar-refractivity contribution in [3.05, 3.63) is 64.4 Å². The third-order valence-corrected chi connectivity index (χ3v) is 5.21. The molecule has 144 valence electrons. The van der Waals surface area contributed by atoms with Gasteiger partial charge in [0.25, 0.3) is 0 Å². The highest BCUT2D eigenvalue weighted by molar-refractivity contribution is 14.0. The fourth-order valence-electron chi connectivity index (χ4n) is 2.59. The summed E-state index contributed by atoms with van der Waals surface area (Å²) >= 11 is 1.73. The van der Waals surface area contributed by atoms with Gasteiger partial charge >= 0.3 is 0 Å². The van der Waals surface area contributed by atoms with Gasteiger partial charge in [0.15, 0.2) is 5.96 Å². The minimum Gasteiger partial charge on any atom is -0.350 e.